The third kappa shape index (κ3) is 3.81. The van der Waals surface area contributed by atoms with Crippen molar-refractivity contribution in [3.05, 3.63) is 50.4 Å². The van der Waals surface area contributed by atoms with E-state index in [1.807, 2.05) is 12.1 Å². The van der Waals surface area contributed by atoms with E-state index in [0.29, 0.717) is 6.04 Å². The third-order valence-corrected chi connectivity index (χ3v) is 5.37. The molecule has 0 spiro atoms. The summed E-state index contributed by atoms with van der Waals surface area (Å²) in [5.74, 6) is 0. The second kappa shape index (κ2) is 7.75. The fourth-order valence-corrected chi connectivity index (χ4v) is 4.12. The lowest BCUT2D eigenvalue weighted by Gasteiger charge is -2.36. The van der Waals surface area contributed by atoms with Crippen LogP contribution in [0.15, 0.2) is 24.3 Å². The molecule has 22 heavy (non-hydrogen) atoms. The first-order valence-corrected chi connectivity index (χ1v) is 8.46. The number of nitrogens with one attached hydrogen (secondary N) is 1. The minimum absolute atomic E-state index is 0. The summed E-state index contributed by atoms with van der Waals surface area (Å²) in [7, 11) is 0. The molecule has 1 aliphatic rings. The van der Waals surface area contributed by atoms with Gasteiger partial charge in [0.2, 0.25) is 0 Å². The van der Waals surface area contributed by atoms with Gasteiger partial charge < -0.3 is 5.32 Å². The van der Waals surface area contributed by atoms with Crippen LogP contribution in [0.4, 0.5) is 0 Å². The Morgan fingerprint density at radius 1 is 1.36 bits per heavy atom. The van der Waals surface area contributed by atoms with Gasteiger partial charge in [-0.05, 0) is 25.5 Å². The lowest BCUT2D eigenvalue weighted by Crippen LogP contribution is -2.45. The van der Waals surface area contributed by atoms with Crippen LogP contribution in [0.2, 0.25) is 5.02 Å². The molecule has 1 aromatic carbocycles. The standard InChI is InChI=1S/C16H20ClN3S.ClH/c1-11-16(21-12(2)19-11)10-20-8-7-18-9-15(20)13-5-3-4-6-14(13)17;/h3-6,15,18H,7-10H2,1-2H3;1H. The smallest absolute Gasteiger partial charge is 0.0900 e. The van der Waals surface area contributed by atoms with Gasteiger partial charge in [0.1, 0.15) is 0 Å². The van der Waals surface area contributed by atoms with Crippen molar-refractivity contribution in [1.82, 2.24) is 15.2 Å². The molecule has 6 heteroatoms. The second-order valence-electron chi connectivity index (χ2n) is 5.45. The van der Waals surface area contributed by atoms with Gasteiger partial charge in [0.05, 0.1) is 10.7 Å². The topological polar surface area (TPSA) is 28.2 Å². The van der Waals surface area contributed by atoms with E-state index in [4.69, 9.17) is 11.6 Å². The van der Waals surface area contributed by atoms with E-state index >= 15 is 0 Å². The average molecular weight is 358 g/mol. The number of aromatic nitrogens is 1. The number of piperazine rings is 1. The molecule has 1 saturated heterocycles. The summed E-state index contributed by atoms with van der Waals surface area (Å²) in [6.45, 7) is 8.13. The van der Waals surface area contributed by atoms with Gasteiger partial charge in [-0.3, -0.25) is 4.90 Å². The highest BCUT2D eigenvalue weighted by molar-refractivity contribution is 7.11. The maximum Gasteiger partial charge on any atom is 0.0900 e. The van der Waals surface area contributed by atoms with Crippen LogP contribution in [0.5, 0.6) is 0 Å². The molecular weight excluding hydrogens is 337 g/mol. The molecule has 1 aromatic heterocycles. The zero-order valence-electron chi connectivity index (χ0n) is 12.8. The van der Waals surface area contributed by atoms with Crippen molar-refractivity contribution in [2.45, 2.75) is 26.4 Å². The van der Waals surface area contributed by atoms with Crippen LogP contribution in [0.3, 0.4) is 0 Å². The summed E-state index contributed by atoms with van der Waals surface area (Å²) in [5, 5.41) is 5.48. The molecule has 2 heterocycles. The molecule has 1 fully saturated rings. The second-order valence-corrected chi connectivity index (χ2v) is 7.15. The van der Waals surface area contributed by atoms with Crippen LogP contribution < -0.4 is 5.32 Å². The van der Waals surface area contributed by atoms with Crippen molar-refractivity contribution in [3.8, 4) is 0 Å². The first-order chi connectivity index (χ1) is 10.1. The van der Waals surface area contributed by atoms with Gasteiger partial charge in [-0.25, -0.2) is 4.98 Å². The third-order valence-electron chi connectivity index (χ3n) is 3.96. The number of thiazole rings is 1. The van der Waals surface area contributed by atoms with Crippen LogP contribution in [0.25, 0.3) is 0 Å². The largest absolute Gasteiger partial charge is 0.314 e. The monoisotopic (exact) mass is 357 g/mol. The fraction of sp³-hybridized carbons (Fsp3) is 0.438. The predicted molar refractivity (Wildman–Crippen MR) is 96.3 cm³/mol. The summed E-state index contributed by atoms with van der Waals surface area (Å²) in [6, 6.07) is 8.50. The van der Waals surface area contributed by atoms with Crippen molar-refractivity contribution in [3.63, 3.8) is 0 Å². The number of nitrogens with zero attached hydrogens (tertiary/aromatic N) is 2. The Labute approximate surface area is 147 Å². The summed E-state index contributed by atoms with van der Waals surface area (Å²) >= 11 is 8.20. The van der Waals surface area contributed by atoms with E-state index in [1.165, 1.54) is 10.4 Å². The number of hydrogen-bond donors (Lipinski definition) is 1. The van der Waals surface area contributed by atoms with E-state index in [1.54, 1.807) is 11.3 Å². The van der Waals surface area contributed by atoms with Gasteiger partial charge in [-0.15, -0.1) is 23.7 Å². The van der Waals surface area contributed by atoms with Crippen molar-refractivity contribution < 1.29 is 0 Å². The van der Waals surface area contributed by atoms with Crippen LogP contribution in [0.1, 0.15) is 27.2 Å². The first-order valence-electron chi connectivity index (χ1n) is 7.27. The van der Waals surface area contributed by atoms with Crippen molar-refractivity contribution in [1.29, 1.82) is 0 Å². The Balaban J connectivity index is 0.00000176. The van der Waals surface area contributed by atoms with Gasteiger partial charge in [0.25, 0.3) is 0 Å². The van der Waals surface area contributed by atoms with Crippen molar-refractivity contribution in [2.75, 3.05) is 19.6 Å². The number of rotatable bonds is 3. The zero-order chi connectivity index (χ0) is 14.8. The summed E-state index contributed by atoms with van der Waals surface area (Å²) in [5.41, 5.74) is 2.37. The van der Waals surface area contributed by atoms with E-state index in [0.717, 1.165) is 41.9 Å². The van der Waals surface area contributed by atoms with E-state index in [-0.39, 0.29) is 12.4 Å². The highest BCUT2D eigenvalue weighted by Gasteiger charge is 2.26. The Morgan fingerprint density at radius 2 is 2.14 bits per heavy atom. The number of halogens is 2. The predicted octanol–water partition coefficient (Wildman–Crippen LogP) is 3.98. The maximum absolute atomic E-state index is 6.40. The first kappa shape index (κ1) is 17.7. The molecule has 0 aliphatic carbocycles. The molecule has 0 radical (unpaired) electrons. The van der Waals surface area contributed by atoms with Crippen molar-refractivity contribution in [2.24, 2.45) is 0 Å². The van der Waals surface area contributed by atoms with Gasteiger partial charge in [-0.2, -0.15) is 0 Å². The molecule has 1 aliphatic heterocycles. The molecular formula is C16H21Cl2N3S. The molecule has 0 bridgehead atoms. The van der Waals surface area contributed by atoms with Crippen molar-refractivity contribution >= 4 is 35.3 Å². The summed E-state index contributed by atoms with van der Waals surface area (Å²) in [6.07, 6.45) is 0. The molecule has 0 amide bonds. The Morgan fingerprint density at radius 3 is 2.82 bits per heavy atom. The Kier molecular flexibility index (Phi) is 6.24. The highest BCUT2D eigenvalue weighted by Crippen LogP contribution is 2.31. The number of aryl methyl sites for hydroxylation is 2. The van der Waals surface area contributed by atoms with Crippen LogP contribution in [-0.4, -0.2) is 29.5 Å². The number of hydrogen-bond acceptors (Lipinski definition) is 4. The minimum atomic E-state index is 0. The maximum atomic E-state index is 6.40. The van der Waals surface area contributed by atoms with Gasteiger partial charge >= 0.3 is 0 Å². The van der Waals surface area contributed by atoms with Crippen LogP contribution >= 0.6 is 35.3 Å². The van der Waals surface area contributed by atoms with E-state index < -0.39 is 0 Å². The molecule has 2 aromatic rings. The van der Waals surface area contributed by atoms with Gasteiger partial charge in [-0.1, -0.05) is 29.8 Å². The zero-order valence-corrected chi connectivity index (χ0v) is 15.2. The SMILES string of the molecule is Cc1nc(C)c(CN2CCNCC2c2ccccc2Cl)s1.Cl. The average Bonchev–Trinajstić information content (AvgIpc) is 2.78. The van der Waals surface area contributed by atoms with Crippen LogP contribution in [0, 0.1) is 13.8 Å². The molecule has 1 atom stereocenters. The summed E-state index contributed by atoms with van der Waals surface area (Å²) in [4.78, 5) is 8.42. The molecule has 0 saturated carbocycles. The number of benzene rings is 1. The molecule has 1 N–H and O–H groups in total. The summed E-state index contributed by atoms with van der Waals surface area (Å²) < 4.78 is 0. The molecule has 1 unspecified atom stereocenters. The van der Waals surface area contributed by atoms with E-state index in [2.05, 4.69) is 41.2 Å². The minimum Gasteiger partial charge on any atom is -0.314 e. The molecule has 3 rings (SSSR count). The fourth-order valence-electron chi connectivity index (χ4n) is 2.89. The highest BCUT2D eigenvalue weighted by atomic mass is 35.5. The van der Waals surface area contributed by atoms with Crippen LogP contribution in [-0.2, 0) is 6.54 Å². The lowest BCUT2D eigenvalue weighted by atomic mass is 10.0. The Hall–Kier alpha value is -0.650. The lowest BCUT2D eigenvalue weighted by molar-refractivity contribution is 0.155. The van der Waals surface area contributed by atoms with Gasteiger partial charge in [0, 0.05) is 42.1 Å². The van der Waals surface area contributed by atoms with Gasteiger partial charge in [0.15, 0.2) is 0 Å². The van der Waals surface area contributed by atoms with E-state index in [9.17, 15) is 0 Å². The Bertz CT molecular complexity index is 630. The molecule has 3 nitrogen and oxygen atoms in total. The quantitative estimate of drug-likeness (QED) is 0.900. The molecule has 120 valence electrons. The normalized spacial score (nSPS) is 19.0.